The first-order valence-electron chi connectivity index (χ1n) is 14.7. The predicted octanol–water partition coefficient (Wildman–Crippen LogP) is 6.10. The molecule has 7 nitrogen and oxygen atoms in total. The molecule has 1 aliphatic heterocycles. The monoisotopic (exact) mass is 637 g/mol. The lowest BCUT2D eigenvalue weighted by molar-refractivity contribution is -0.120. The molecule has 228 valence electrons. The van der Waals surface area contributed by atoms with Gasteiger partial charge in [0.1, 0.15) is 12.3 Å². The standard InChI is InChI=1S/C36H32ClN3O4S/c37-31-14-10-30-23-33(17-13-29(30)22-31)45(43,44)38-35-25-39(24-26-6-2-1-3-7-26)19-20-40(36(35)42)32-15-11-28(12-16-32)34-9-5-4-8-27(34)18-21-41/h1-17,21-23,35,38H,18-20,24-25H2. The van der Waals surface area contributed by atoms with Crippen molar-refractivity contribution in [3.05, 3.63) is 131 Å². The van der Waals surface area contributed by atoms with Gasteiger partial charge in [0.05, 0.1) is 4.90 Å². The Kier molecular flexibility index (Phi) is 9.09. The van der Waals surface area contributed by atoms with Crippen molar-refractivity contribution in [2.75, 3.05) is 24.5 Å². The molecule has 0 aliphatic carbocycles. The van der Waals surface area contributed by atoms with Crippen molar-refractivity contribution in [2.24, 2.45) is 0 Å². The van der Waals surface area contributed by atoms with E-state index in [-0.39, 0.29) is 17.3 Å². The fourth-order valence-corrected chi connectivity index (χ4v) is 7.20. The van der Waals surface area contributed by atoms with E-state index in [0.717, 1.165) is 39.3 Å². The number of sulfonamides is 1. The van der Waals surface area contributed by atoms with Crippen molar-refractivity contribution < 1.29 is 18.0 Å². The highest BCUT2D eigenvalue weighted by Gasteiger charge is 2.34. The predicted molar refractivity (Wildman–Crippen MR) is 179 cm³/mol. The SMILES string of the molecule is O=CCc1ccccc1-c1ccc(N2CCN(Cc3ccccc3)CC(NS(=O)(=O)c3ccc4cc(Cl)ccc4c3)C2=O)cc1. The van der Waals surface area contributed by atoms with Gasteiger partial charge in [-0.25, -0.2) is 8.42 Å². The van der Waals surface area contributed by atoms with E-state index in [1.54, 1.807) is 35.2 Å². The zero-order chi connectivity index (χ0) is 31.4. The summed E-state index contributed by atoms with van der Waals surface area (Å²) in [4.78, 5) is 29.2. The number of nitrogens with one attached hydrogen (secondary N) is 1. The Morgan fingerprint density at radius 2 is 1.53 bits per heavy atom. The van der Waals surface area contributed by atoms with Gasteiger partial charge in [-0.3, -0.25) is 9.69 Å². The number of amides is 1. The van der Waals surface area contributed by atoms with Gasteiger partial charge in [0.15, 0.2) is 0 Å². The molecular formula is C36H32ClN3O4S. The number of rotatable bonds is 9. The number of anilines is 1. The number of hydrogen-bond acceptors (Lipinski definition) is 5. The minimum Gasteiger partial charge on any atom is -0.310 e. The number of halogens is 1. The first kappa shape index (κ1) is 30.7. The van der Waals surface area contributed by atoms with Crippen LogP contribution in [-0.2, 0) is 32.6 Å². The summed E-state index contributed by atoms with van der Waals surface area (Å²) in [5.41, 5.74) is 4.56. The third kappa shape index (κ3) is 7.00. The first-order chi connectivity index (χ1) is 21.8. The van der Waals surface area contributed by atoms with E-state index >= 15 is 0 Å². The smallest absolute Gasteiger partial charge is 0.246 e. The fraction of sp³-hybridized carbons (Fsp3) is 0.167. The van der Waals surface area contributed by atoms with Gasteiger partial charge in [0, 0.05) is 43.3 Å². The van der Waals surface area contributed by atoms with Crippen LogP contribution in [0.3, 0.4) is 0 Å². The summed E-state index contributed by atoms with van der Waals surface area (Å²) in [5, 5.41) is 2.12. The quantitative estimate of drug-likeness (QED) is 0.198. The van der Waals surface area contributed by atoms with Crippen LogP contribution in [-0.4, -0.2) is 51.2 Å². The number of fused-ring (bicyclic) bond motifs is 1. The molecular weight excluding hydrogens is 606 g/mol. The average Bonchev–Trinajstić information content (AvgIpc) is 3.19. The minimum atomic E-state index is -4.05. The van der Waals surface area contributed by atoms with E-state index < -0.39 is 16.1 Å². The molecule has 1 unspecified atom stereocenters. The Morgan fingerprint density at radius 1 is 0.822 bits per heavy atom. The van der Waals surface area contributed by atoms with E-state index in [1.807, 2.05) is 78.9 Å². The van der Waals surface area contributed by atoms with Crippen LogP contribution in [0.1, 0.15) is 11.1 Å². The molecule has 1 saturated heterocycles. The van der Waals surface area contributed by atoms with Gasteiger partial charge in [-0.2, -0.15) is 4.72 Å². The Bertz CT molecular complexity index is 1950. The Labute approximate surface area is 268 Å². The van der Waals surface area contributed by atoms with Crippen LogP contribution >= 0.6 is 11.6 Å². The van der Waals surface area contributed by atoms with Gasteiger partial charge < -0.3 is 9.69 Å². The van der Waals surface area contributed by atoms with E-state index in [2.05, 4.69) is 9.62 Å². The highest BCUT2D eigenvalue weighted by molar-refractivity contribution is 7.89. The van der Waals surface area contributed by atoms with Crippen LogP contribution in [0.4, 0.5) is 5.69 Å². The van der Waals surface area contributed by atoms with Crippen LogP contribution in [0, 0.1) is 0 Å². The first-order valence-corrected chi connectivity index (χ1v) is 16.6. The van der Waals surface area contributed by atoms with E-state index in [1.165, 1.54) is 6.07 Å². The second-order valence-electron chi connectivity index (χ2n) is 11.1. The fourth-order valence-electron chi connectivity index (χ4n) is 5.80. The van der Waals surface area contributed by atoms with E-state index in [4.69, 9.17) is 11.6 Å². The van der Waals surface area contributed by atoms with Gasteiger partial charge in [-0.1, -0.05) is 90.5 Å². The molecule has 6 rings (SSSR count). The van der Waals surface area contributed by atoms with Crippen LogP contribution < -0.4 is 9.62 Å². The lowest BCUT2D eigenvalue weighted by Crippen LogP contribution is -2.50. The molecule has 0 bridgehead atoms. The molecule has 1 atom stereocenters. The summed E-state index contributed by atoms with van der Waals surface area (Å²) in [7, 11) is -4.05. The van der Waals surface area contributed by atoms with Crippen LogP contribution in [0.15, 0.2) is 120 Å². The molecule has 0 saturated carbocycles. The molecule has 5 aromatic rings. The molecule has 0 spiro atoms. The van der Waals surface area contributed by atoms with Crippen molar-refractivity contribution >= 4 is 50.3 Å². The van der Waals surface area contributed by atoms with Gasteiger partial charge >= 0.3 is 0 Å². The summed E-state index contributed by atoms with van der Waals surface area (Å²) in [6.07, 6.45) is 1.20. The molecule has 0 radical (unpaired) electrons. The minimum absolute atomic E-state index is 0.0777. The van der Waals surface area contributed by atoms with Gasteiger partial charge in [-0.15, -0.1) is 0 Å². The number of carbonyl (C=O) groups excluding carboxylic acids is 2. The number of carbonyl (C=O) groups is 2. The van der Waals surface area contributed by atoms with Crippen LogP contribution in [0.25, 0.3) is 21.9 Å². The second-order valence-corrected chi connectivity index (χ2v) is 13.3. The molecule has 0 aromatic heterocycles. The maximum absolute atomic E-state index is 14.1. The maximum Gasteiger partial charge on any atom is 0.246 e. The average molecular weight is 638 g/mol. The number of benzene rings is 5. The van der Waals surface area contributed by atoms with Gasteiger partial charge in [0.2, 0.25) is 15.9 Å². The lowest BCUT2D eigenvalue weighted by atomic mass is 9.98. The zero-order valence-electron chi connectivity index (χ0n) is 24.5. The second kappa shape index (κ2) is 13.3. The van der Waals surface area contributed by atoms with Gasteiger partial charge in [-0.05, 0) is 69.4 Å². The highest BCUT2D eigenvalue weighted by atomic mass is 35.5. The topological polar surface area (TPSA) is 86.8 Å². The molecule has 1 N–H and O–H groups in total. The summed E-state index contributed by atoms with van der Waals surface area (Å²) < 4.78 is 30.2. The summed E-state index contributed by atoms with van der Waals surface area (Å²) in [6, 6.07) is 34.4. The van der Waals surface area contributed by atoms with E-state index in [9.17, 15) is 18.0 Å². The number of aldehydes is 1. The summed E-state index contributed by atoms with van der Waals surface area (Å²) >= 11 is 6.11. The molecule has 1 fully saturated rings. The normalized spacial score (nSPS) is 16.1. The summed E-state index contributed by atoms with van der Waals surface area (Å²) in [5.74, 6) is -0.323. The van der Waals surface area contributed by atoms with Crippen molar-refractivity contribution in [1.82, 2.24) is 9.62 Å². The molecule has 1 amide bonds. The van der Waals surface area contributed by atoms with Crippen LogP contribution in [0.2, 0.25) is 5.02 Å². The summed E-state index contributed by atoms with van der Waals surface area (Å²) in [6.45, 7) is 1.73. The highest BCUT2D eigenvalue weighted by Crippen LogP contribution is 2.28. The third-order valence-electron chi connectivity index (χ3n) is 8.09. The molecule has 1 heterocycles. The largest absolute Gasteiger partial charge is 0.310 e. The van der Waals surface area contributed by atoms with Crippen molar-refractivity contribution in [3.8, 4) is 11.1 Å². The van der Waals surface area contributed by atoms with Gasteiger partial charge in [0.25, 0.3) is 0 Å². The molecule has 9 heteroatoms. The van der Waals surface area contributed by atoms with Crippen LogP contribution in [0.5, 0.6) is 0 Å². The zero-order valence-corrected chi connectivity index (χ0v) is 26.0. The van der Waals surface area contributed by atoms with E-state index in [0.29, 0.717) is 36.8 Å². The maximum atomic E-state index is 14.1. The Morgan fingerprint density at radius 3 is 2.31 bits per heavy atom. The number of hydrogen-bond donors (Lipinski definition) is 1. The number of nitrogens with zero attached hydrogens (tertiary/aromatic N) is 2. The van der Waals surface area contributed by atoms with Crippen molar-refractivity contribution in [1.29, 1.82) is 0 Å². The Balaban J connectivity index is 1.30. The molecule has 45 heavy (non-hydrogen) atoms. The third-order valence-corrected chi connectivity index (χ3v) is 9.79. The molecule has 1 aliphatic rings. The molecule has 5 aromatic carbocycles. The van der Waals surface area contributed by atoms with Crippen molar-refractivity contribution in [2.45, 2.75) is 23.9 Å². The van der Waals surface area contributed by atoms with Crippen molar-refractivity contribution in [3.63, 3.8) is 0 Å². The lowest BCUT2D eigenvalue weighted by Gasteiger charge is -2.25. The Hall–Kier alpha value is -4.34.